The van der Waals surface area contributed by atoms with Gasteiger partial charge in [-0.3, -0.25) is 0 Å². The van der Waals surface area contributed by atoms with Gasteiger partial charge in [-0.15, -0.1) is 0 Å². The zero-order chi connectivity index (χ0) is 22.8. The van der Waals surface area contributed by atoms with Gasteiger partial charge in [0.15, 0.2) is 0 Å². The molecule has 0 atom stereocenters. The molecule has 4 aromatic rings. The molecule has 1 aliphatic rings. The van der Waals surface area contributed by atoms with Crippen LogP contribution in [0.5, 0.6) is 0 Å². The number of fused-ring (bicyclic) bond motifs is 1. The maximum Gasteiger partial charge on any atom is 0.282 e. The molecule has 2 aromatic carbocycles. The Morgan fingerprint density at radius 1 is 0.879 bits per heavy atom. The molecule has 0 bridgehead atoms. The van der Waals surface area contributed by atoms with Gasteiger partial charge in [0, 0.05) is 17.3 Å². The van der Waals surface area contributed by atoms with Crippen molar-refractivity contribution in [1.29, 1.82) is 0 Å². The summed E-state index contributed by atoms with van der Waals surface area (Å²) < 4.78 is 33.2. The fraction of sp³-hybridized carbons (Fsp3) is 0.179. The first-order valence-electron chi connectivity index (χ1n) is 11.3. The third kappa shape index (κ3) is 4.05. The van der Waals surface area contributed by atoms with Crippen LogP contribution in [-0.2, 0) is 10.0 Å². The highest BCUT2D eigenvalue weighted by Gasteiger charge is 2.25. The summed E-state index contributed by atoms with van der Waals surface area (Å²) in [5, 5.41) is 0. The van der Waals surface area contributed by atoms with Crippen LogP contribution in [0, 0.1) is 6.92 Å². The number of nitrogens with zero attached hydrogens (tertiary/aromatic N) is 2. The molecule has 0 saturated heterocycles. The summed E-state index contributed by atoms with van der Waals surface area (Å²) in [5.41, 5.74) is 6.73. The van der Waals surface area contributed by atoms with Gasteiger partial charge >= 0.3 is 0 Å². The number of aromatic nitrogens is 1. The van der Waals surface area contributed by atoms with E-state index in [4.69, 9.17) is 0 Å². The number of sulfonamides is 1. The number of allylic oxidation sites excluding steroid dienone is 2. The molecule has 33 heavy (non-hydrogen) atoms. The molecule has 0 aliphatic heterocycles. The Hall–Kier alpha value is -3.44. The van der Waals surface area contributed by atoms with E-state index in [1.165, 1.54) is 24.0 Å². The molecule has 2 heterocycles. The lowest BCUT2D eigenvalue weighted by Gasteiger charge is -2.13. The van der Waals surface area contributed by atoms with Crippen LogP contribution < -0.4 is 0 Å². The van der Waals surface area contributed by atoms with E-state index in [1.807, 2.05) is 48.7 Å². The lowest BCUT2D eigenvalue weighted by molar-refractivity contribution is 0.598. The van der Waals surface area contributed by atoms with Crippen molar-refractivity contribution in [3.05, 3.63) is 114 Å². The third-order valence-corrected chi connectivity index (χ3v) is 7.51. The number of rotatable bonds is 5. The largest absolute Gasteiger partial charge is 0.314 e. The van der Waals surface area contributed by atoms with Crippen LogP contribution in [0.25, 0.3) is 11.1 Å². The average molecular weight is 455 g/mol. The fourth-order valence-corrected chi connectivity index (χ4v) is 5.73. The molecule has 166 valence electrons. The Morgan fingerprint density at radius 2 is 1.58 bits per heavy atom. The van der Waals surface area contributed by atoms with Gasteiger partial charge in [-0.05, 0) is 68.0 Å². The summed E-state index contributed by atoms with van der Waals surface area (Å²) >= 11 is 0. The molecule has 0 saturated carbocycles. The molecule has 2 aromatic heterocycles. The van der Waals surface area contributed by atoms with Gasteiger partial charge in [-0.2, -0.15) is 12.8 Å². The fourth-order valence-electron chi connectivity index (χ4n) is 4.69. The molecule has 5 rings (SSSR count). The van der Waals surface area contributed by atoms with Crippen LogP contribution >= 0.6 is 0 Å². The second-order valence-corrected chi connectivity index (χ2v) is 9.98. The van der Waals surface area contributed by atoms with E-state index >= 15 is 0 Å². The van der Waals surface area contributed by atoms with Gasteiger partial charge in [-0.1, -0.05) is 60.7 Å². The van der Waals surface area contributed by atoms with Crippen LogP contribution in [0.1, 0.15) is 48.1 Å². The Bertz CT molecular complexity index is 1460. The molecule has 0 spiro atoms. The molecule has 5 heteroatoms. The predicted molar refractivity (Wildman–Crippen MR) is 134 cm³/mol. The summed E-state index contributed by atoms with van der Waals surface area (Å²) in [6, 6.07) is 24.1. The van der Waals surface area contributed by atoms with Gasteiger partial charge in [0.1, 0.15) is 5.71 Å². The first-order valence-corrected chi connectivity index (χ1v) is 12.7. The van der Waals surface area contributed by atoms with Crippen molar-refractivity contribution in [3.63, 3.8) is 0 Å². The molecule has 0 amide bonds. The first-order chi connectivity index (χ1) is 16.1. The van der Waals surface area contributed by atoms with Gasteiger partial charge in [0.05, 0.1) is 16.1 Å². The lowest BCUT2D eigenvalue weighted by atomic mass is 9.91. The normalized spacial score (nSPS) is 14.9. The molecule has 4 nitrogen and oxygen atoms in total. The van der Waals surface area contributed by atoms with Gasteiger partial charge in [0.25, 0.3) is 10.0 Å². The van der Waals surface area contributed by atoms with Crippen LogP contribution in [0.3, 0.4) is 0 Å². The molecular formula is C28H26N2O2S. The van der Waals surface area contributed by atoms with Crippen LogP contribution in [0.15, 0.2) is 100 Å². The van der Waals surface area contributed by atoms with E-state index in [9.17, 15) is 8.42 Å². The molecular weight excluding hydrogens is 428 g/mol. The highest BCUT2D eigenvalue weighted by molar-refractivity contribution is 7.90. The minimum absolute atomic E-state index is 0.187. The zero-order valence-electron chi connectivity index (χ0n) is 18.6. The second-order valence-electron chi connectivity index (χ2n) is 8.37. The molecule has 1 aliphatic carbocycles. The van der Waals surface area contributed by atoms with Crippen molar-refractivity contribution in [2.45, 2.75) is 37.5 Å². The van der Waals surface area contributed by atoms with Crippen LogP contribution in [-0.4, -0.2) is 18.5 Å². The van der Waals surface area contributed by atoms with Crippen LogP contribution in [0.2, 0.25) is 0 Å². The zero-order valence-corrected chi connectivity index (χ0v) is 19.4. The van der Waals surface area contributed by atoms with Crippen molar-refractivity contribution in [3.8, 4) is 0 Å². The second kappa shape index (κ2) is 8.83. The maximum atomic E-state index is 13.3. The average Bonchev–Trinajstić information content (AvgIpc) is 3.16. The Balaban J connectivity index is 1.81. The number of hydrogen-bond acceptors (Lipinski definition) is 2. The maximum absolute atomic E-state index is 13.3. The molecule has 0 radical (unpaired) electrons. The van der Waals surface area contributed by atoms with E-state index in [-0.39, 0.29) is 4.90 Å². The standard InChI is InChI=1S/C28H26N2O2S/c1-21-26(22-13-5-2-6-14-22)25-19-11-12-20-30(25)28(21)27(23-15-7-3-8-16-23)29-33(31,32)24-17-9-4-10-18-24/h3-4,7-13,15-20H,2,5-6,14H2,1H3. The molecule has 0 fully saturated rings. The summed E-state index contributed by atoms with van der Waals surface area (Å²) in [6.45, 7) is 2.08. The van der Waals surface area contributed by atoms with Crippen molar-refractivity contribution < 1.29 is 8.42 Å². The minimum atomic E-state index is -3.90. The quantitative estimate of drug-likeness (QED) is 0.326. The van der Waals surface area contributed by atoms with Gasteiger partial charge < -0.3 is 4.40 Å². The minimum Gasteiger partial charge on any atom is -0.314 e. The summed E-state index contributed by atoms with van der Waals surface area (Å²) in [5.74, 6) is 0. The van der Waals surface area contributed by atoms with Crippen molar-refractivity contribution in [1.82, 2.24) is 4.40 Å². The predicted octanol–water partition coefficient (Wildman–Crippen LogP) is 6.43. The van der Waals surface area contributed by atoms with E-state index in [0.29, 0.717) is 5.71 Å². The Kier molecular flexibility index (Phi) is 5.73. The molecule has 0 N–H and O–H groups in total. The van der Waals surface area contributed by atoms with Crippen molar-refractivity contribution >= 4 is 26.8 Å². The third-order valence-electron chi connectivity index (χ3n) is 6.22. The number of hydrogen-bond donors (Lipinski definition) is 0. The summed E-state index contributed by atoms with van der Waals surface area (Å²) in [6.07, 6.45) is 8.84. The topological polar surface area (TPSA) is 50.9 Å². The van der Waals surface area contributed by atoms with Crippen molar-refractivity contribution in [2.75, 3.05) is 0 Å². The highest BCUT2D eigenvalue weighted by atomic mass is 32.2. The molecule has 0 unspecified atom stereocenters. The van der Waals surface area contributed by atoms with E-state index in [2.05, 4.69) is 27.9 Å². The summed E-state index contributed by atoms with van der Waals surface area (Å²) in [4.78, 5) is 0.187. The highest BCUT2D eigenvalue weighted by Crippen LogP contribution is 2.36. The Morgan fingerprint density at radius 3 is 2.27 bits per heavy atom. The Labute approximate surface area is 195 Å². The van der Waals surface area contributed by atoms with Crippen LogP contribution in [0.4, 0.5) is 0 Å². The number of pyridine rings is 1. The monoisotopic (exact) mass is 454 g/mol. The van der Waals surface area contributed by atoms with E-state index in [0.717, 1.165) is 35.2 Å². The van der Waals surface area contributed by atoms with Gasteiger partial charge in [0.2, 0.25) is 0 Å². The summed E-state index contributed by atoms with van der Waals surface area (Å²) in [7, 11) is -3.90. The van der Waals surface area contributed by atoms with Crippen molar-refractivity contribution in [2.24, 2.45) is 4.40 Å². The lowest BCUT2D eigenvalue weighted by Crippen LogP contribution is -2.12. The number of benzene rings is 2. The van der Waals surface area contributed by atoms with E-state index in [1.54, 1.807) is 30.3 Å². The van der Waals surface area contributed by atoms with Gasteiger partial charge in [-0.25, -0.2) is 0 Å². The first kappa shape index (κ1) is 21.4. The SMILES string of the molecule is Cc1c(C2=CCCCC2)c2ccccn2c1C(=NS(=O)(=O)c1ccccc1)c1ccccc1. The smallest absolute Gasteiger partial charge is 0.282 e. The van der Waals surface area contributed by atoms with E-state index < -0.39 is 10.0 Å².